The molecule has 2 atom stereocenters. The molecule has 24 heavy (non-hydrogen) atoms. The topological polar surface area (TPSA) is 50.4 Å². The van der Waals surface area contributed by atoms with E-state index in [-0.39, 0.29) is 12.0 Å². The molecule has 1 aliphatic heterocycles. The van der Waals surface area contributed by atoms with Crippen molar-refractivity contribution in [2.24, 2.45) is 0 Å². The van der Waals surface area contributed by atoms with Gasteiger partial charge in [-0.2, -0.15) is 11.3 Å². The Morgan fingerprint density at radius 3 is 3.04 bits per heavy atom. The fraction of sp³-hybridized carbons (Fsp3) is 0.421. The van der Waals surface area contributed by atoms with E-state index in [0.29, 0.717) is 12.6 Å². The van der Waals surface area contributed by atoms with Crippen molar-refractivity contribution in [2.45, 2.75) is 44.9 Å². The van der Waals surface area contributed by atoms with Crippen molar-refractivity contribution in [3.05, 3.63) is 52.2 Å². The molecule has 5 heteroatoms. The van der Waals surface area contributed by atoms with Gasteiger partial charge in [-0.1, -0.05) is 12.1 Å². The van der Waals surface area contributed by atoms with Crippen LogP contribution in [0.4, 0.5) is 5.69 Å². The first-order chi connectivity index (χ1) is 11.7. The third kappa shape index (κ3) is 4.90. The molecule has 1 aromatic carbocycles. The molecule has 1 amide bonds. The minimum absolute atomic E-state index is 0.0385. The number of carbonyl (C=O) groups excluding carboxylic acids is 1. The van der Waals surface area contributed by atoms with Crippen LogP contribution in [0.5, 0.6) is 0 Å². The Labute approximate surface area is 147 Å². The summed E-state index contributed by atoms with van der Waals surface area (Å²) < 4.78 is 5.42. The molecule has 4 nitrogen and oxygen atoms in total. The molecule has 2 aromatic rings. The highest BCUT2D eigenvalue weighted by Crippen LogP contribution is 2.16. The zero-order valence-corrected chi connectivity index (χ0v) is 14.8. The van der Waals surface area contributed by atoms with E-state index in [0.717, 1.165) is 37.1 Å². The van der Waals surface area contributed by atoms with E-state index in [1.807, 2.05) is 18.2 Å². The van der Waals surface area contributed by atoms with E-state index < -0.39 is 0 Å². The number of nitrogens with one attached hydrogen (secondary N) is 2. The van der Waals surface area contributed by atoms with E-state index >= 15 is 0 Å². The first kappa shape index (κ1) is 17.1. The number of ether oxygens (including phenoxy) is 1. The highest BCUT2D eigenvalue weighted by Gasteiger charge is 2.23. The quantitative estimate of drug-likeness (QED) is 0.807. The van der Waals surface area contributed by atoms with E-state index in [9.17, 15) is 4.79 Å². The highest BCUT2D eigenvalue weighted by molar-refractivity contribution is 7.07. The van der Waals surface area contributed by atoms with Gasteiger partial charge in [0, 0.05) is 24.9 Å². The van der Waals surface area contributed by atoms with Crippen LogP contribution in [0.25, 0.3) is 0 Å². The summed E-state index contributed by atoms with van der Waals surface area (Å²) in [6.07, 6.45) is 2.51. The summed E-state index contributed by atoms with van der Waals surface area (Å²) >= 11 is 1.74. The Balaban J connectivity index is 1.50. The molecule has 2 N–H and O–H groups in total. The van der Waals surface area contributed by atoms with Gasteiger partial charge in [-0.05, 0) is 66.3 Å². The molecule has 1 fully saturated rings. The van der Waals surface area contributed by atoms with Crippen molar-refractivity contribution in [3.63, 3.8) is 0 Å². The van der Waals surface area contributed by atoms with Gasteiger partial charge in [-0.25, -0.2) is 0 Å². The number of thiophene rings is 1. The number of hydrogen-bond donors (Lipinski definition) is 2. The van der Waals surface area contributed by atoms with Gasteiger partial charge in [0.2, 0.25) is 0 Å². The van der Waals surface area contributed by atoms with Crippen molar-refractivity contribution in [1.29, 1.82) is 0 Å². The van der Waals surface area contributed by atoms with Crippen LogP contribution < -0.4 is 10.6 Å². The molecule has 0 saturated carbocycles. The van der Waals surface area contributed by atoms with Gasteiger partial charge < -0.3 is 15.4 Å². The normalized spacial score (nSPS) is 18.5. The number of hydrogen-bond acceptors (Lipinski definition) is 4. The number of amides is 1. The predicted molar refractivity (Wildman–Crippen MR) is 98.4 cm³/mol. The Bertz CT molecular complexity index is 651. The molecule has 2 heterocycles. The maximum atomic E-state index is 12.1. The molecule has 0 bridgehead atoms. The highest BCUT2D eigenvalue weighted by atomic mass is 32.1. The summed E-state index contributed by atoms with van der Waals surface area (Å²) in [7, 11) is 0. The van der Waals surface area contributed by atoms with Crippen molar-refractivity contribution >= 4 is 22.9 Å². The Morgan fingerprint density at radius 2 is 2.29 bits per heavy atom. The van der Waals surface area contributed by atoms with Crippen LogP contribution in [-0.4, -0.2) is 24.7 Å². The van der Waals surface area contributed by atoms with Crippen LogP contribution in [-0.2, 0) is 22.5 Å². The standard InChI is InChI=1S/C19H24N2O2S/c1-14(10-16-7-9-24-13-16)20-12-15-4-2-5-17(11-15)21-19(22)18-6-3-8-23-18/h2,4-5,7,9,11,13-14,18,20H,3,6,8,10,12H2,1H3,(H,21,22). The van der Waals surface area contributed by atoms with Crippen LogP contribution in [0.15, 0.2) is 41.1 Å². The Kier molecular flexibility index (Phi) is 6.01. The van der Waals surface area contributed by atoms with Gasteiger partial charge >= 0.3 is 0 Å². The van der Waals surface area contributed by atoms with Crippen molar-refractivity contribution in [3.8, 4) is 0 Å². The zero-order chi connectivity index (χ0) is 16.8. The van der Waals surface area contributed by atoms with Crippen molar-refractivity contribution in [1.82, 2.24) is 5.32 Å². The van der Waals surface area contributed by atoms with Crippen LogP contribution in [0, 0.1) is 0 Å². The maximum absolute atomic E-state index is 12.1. The lowest BCUT2D eigenvalue weighted by molar-refractivity contribution is -0.124. The molecule has 1 saturated heterocycles. The summed E-state index contributed by atoms with van der Waals surface area (Å²) in [5.41, 5.74) is 3.37. The monoisotopic (exact) mass is 344 g/mol. The average molecular weight is 344 g/mol. The van der Waals surface area contributed by atoms with Crippen LogP contribution in [0.3, 0.4) is 0 Å². The van der Waals surface area contributed by atoms with Gasteiger partial charge in [0.1, 0.15) is 6.10 Å². The smallest absolute Gasteiger partial charge is 0.253 e. The lowest BCUT2D eigenvalue weighted by Crippen LogP contribution is -2.28. The third-order valence-electron chi connectivity index (χ3n) is 4.19. The Hall–Kier alpha value is -1.69. The zero-order valence-electron chi connectivity index (χ0n) is 14.0. The van der Waals surface area contributed by atoms with E-state index in [1.165, 1.54) is 5.56 Å². The fourth-order valence-electron chi connectivity index (χ4n) is 2.89. The van der Waals surface area contributed by atoms with Gasteiger partial charge in [0.05, 0.1) is 0 Å². The molecule has 2 unspecified atom stereocenters. The molecule has 1 aromatic heterocycles. The summed E-state index contributed by atoms with van der Waals surface area (Å²) in [6.45, 7) is 3.67. The molecular weight excluding hydrogens is 320 g/mol. The third-order valence-corrected chi connectivity index (χ3v) is 4.93. The van der Waals surface area contributed by atoms with Crippen LogP contribution in [0.2, 0.25) is 0 Å². The first-order valence-corrected chi connectivity index (χ1v) is 9.41. The van der Waals surface area contributed by atoms with Crippen LogP contribution >= 0.6 is 11.3 Å². The molecule has 128 valence electrons. The second-order valence-corrected chi connectivity index (χ2v) is 7.09. The maximum Gasteiger partial charge on any atom is 0.253 e. The lowest BCUT2D eigenvalue weighted by Gasteiger charge is -2.14. The molecule has 0 aliphatic carbocycles. The summed E-state index contributed by atoms with van der Waals surface area (Å²) in [4.78, 5) is 12.1. The first-order valence-electron chi connectivity index (χ1n) is 8.46. The second kappa shape index (κ2) is 8.42. The minimum atomic E-state index is -0.294. The second-order valence-electron chi connectivity index (χ2n) is 6.31. The van der Waals surface area contributed by atoms with Crippen LogP contribution in [0.1, 0.15) is 30.9 Å². The minimum Gasteiger partial charge on any atom is -0.368 e. The largest absolute Gasteiger partial charge is 0.368 e. The van der Waals surface area contributed by atoms with E-state index in [2.05, 4.69) is 40.5 Å². The summed E-state index contributed by atoms with van der Waals surface area (Å²) in [6, 6.07) is 10.6. The molecule has 0 radical (unpaired) electrons. The molecule has 1 aliphatic rings. The number of anilines is 1. The van der Waals surface area contributed by atoms with Gasteiger partial charge in [-0.3, -0.25) is 4.79 Å². The van der Waals surface area contributed by atoms with Gasteiger partial charge in [-0.15, -0.1) is 0 Å². The fourth-order valence-corrected chi connectivity index (χ4v) is 3.57. The van der Waals surface area contributed by atoms with Crippen molar-refractivity contribution in [2.75, 3.05) is 11.9 Å². The number of rotatable bonds is 7. The summed E-state index contributed by atoms with van der Waals surface area (Å²) in [5, 5.41) is 10.8. The molecular formula is C19H24N2O2S. The SMILES string of the molecule is CC(Cc1ccsc1)NCc1cccc(NC(=O)C2CCCO2)c1. The molecule has 3 rings (SSSR count). The van der Waals surface area contributed by atoms with E-state index in [1.54, 1.807) is 11.3 Å². The van der Waals surface area contributed by atoms with Gasteiger partial charge in [0.25, 0.3) is 5.91 Å². The predicted octanol–water partition coefficient (Wildman–Crippen LogP) is 3.59. The molecule has 0 spiro atoms. The van der Waals surface area contributed by atoms with Crippen molar-refractivity contribution < 1.29 is 9.53 Å². The Morgan fingerprint density at radius 1 is 1.38 bits per heavy atom. The average Bonchev–Trinajstić information content (AvgIpc) is 3.27. The van der Waals surface area contributed by atoms with Gasteiger partial charge in [0.15, 0.2) is 0 Å². The number of carbonyl (C=O) groups is 1. The number of benzene rings is 1. The summed E-state index contributed by atoms with van der Waals surface area (Å²) in [5.74, 6) is -0.0385. The van der Waals surface area contributed by atoms with E-state index in [4.69, 9.17) is 4.74 Å². The lowest BCUT2D eigenvalue weighted by atomic mass is 10.1.